The van der Waals surface area contributed by atoms with Crippen molar-refractivity contribution in [2.45, 2.75) is 19.6 Å². The predicted molar refractivity (Wildman–Crippen MR) is 77.8 cm³/mol. The van der Waals surface area contributed by atoms with E-state index in [1.54, 1.807) is 31.2 Å². The molecule has 2 rings (SSSR count). The number of benzene rings is 2. The van der Waals surface area contributed by atoms with E-state index < -0.39 is 11.9 Å². The molecule has 0 aliphatic heterocycles. The molecular weight excluding hydrogens is 302 g/mol. The zero-order valence-electron chi connectivity index (χ0n) is 10.7. The minimum Gasteiger partial charge on any atom is -0.486 e. The van der Waals surface area contributed by atoms with E-state index in [2.05, 4.69) is 0 Å². The molecule has 0 saturated carbocycles. The van der Waals surface area contributed by atoms with Crippen molar-refractivity contribution < 1.29 is 14.2 Å². The number of hydrogen-bond donors (Lipinski definition) is 1. The summed E-state index contributed by atoms with van der Waals surface area (Å²) in [5.74, 6) is -0.385. The molecule has 20 heavy (non-hydrogen) atoms. The lowest BCUT2D eigenvalue weighted by molar-refractivity contribution is 0.198. The lowest BCUT2D eigenvalue weighted by Crippen LogP contribution is -1.99. The molecule has 1 N–H and O–H groups in total. The van der Waals surface area contributed by atoms with Crippen LogP contribution in [0.1, 0.15) is 24.2 Å². The molecule has 0 spiro atoms. The minimum atomic E-state index is -0.714. The fraction of sp³-hybridized carbons (Fsp3) is 0.200. The van der Waals surface area contributed by atoms with Gasteiger partial charge in [-0.2, -0.15) is 0 Å². The Kier molecular flexibility index (Phi) is 4.86. The van der Waals surface area contributed by atoms with E-state index in [-0.39, 0.29) is 12.4 Å². The highest BCUT2D eigenvalue weighted by Gasteiger charge is 2.08. The Morgan fingerprint density at radius 2 is 1.90 bits per heavy atom. The third-order valence-corrected chi connectivity index (χ3v) is 3.56. The van der Waals surface area contributed by atoms with Crippen LogP contribution >= 0.6 is 23.2 Å². The third-order valence-electron chi connectivity index (χ3n) is 2.82. The Morgan fingerprint density at radius 1 is 1.15 bits per heavy atom. The molecule has 2 aromatic rings. The Balaban J connectivity index is 2.09. The maximum atomic E-state index is 13.8. The fourth-order valence-electron chi connectivity index (χ4n) is 1.68. The molecule has 106 valence electrons. The standard InChI is InChI=1S/C15H13Cl2FO2/c1-9(19)11-3-5-15(14(18)7-11)20-8-10-2-4-12(16)13(17)6-10/h2-7,9,19H,8H2,1H3. The summed E-state index contributed by atoms with van der Waals surface area (Å²) in [5.41, 5.74) is 1.29. The predicted octanol–water partition coefficient (Wildman–Crippen LogP) is 4.76. The summed E-state index contributed by atoms with van der Waals surface area (Å²) in [5, 5.41) is 10.3. The highest BCUT2D eigenvalue weighted by Crippen LogP contribution is 2.25. The largest absolute Gasteiger partial charge is 0.486 e. The second-order valence-electron chi connectivity index (χ2n) is 4.40. The van der Waals surface area contributed by atoms with Gasteiger partial charge in [0.15, 0.2) is 11.6 Å². The smallest absolute Gasteiger partial charge is 0.165 e. The van der Waals surface area contributed by atoms with Crippen LogP contribution in [0, 0.1) is 5.82 Å². The highest BCUT2D eigenvalue weighted by atomic mass is 35.5. The van der Waals surface area contributed by atoms with Crippen molar-refractivity contribution in [2.75, 3.05) is 0 Å². The van der Waals surface area contributed by atoms with Crippen molar-refractivity contribution in [2.24, 2.45) is 0 Å². The summed E-state index contributed by atoms with van der Waals surface area (Å²) >= 11 is 11.7. The molecular formula is C15H13Cl2FO2. The van der Waals surface area contributed by atoms with Gasteiger partial charge in [-0.05, 0) is 42.3 Å². The first-order valence-corrected chi connectivity index (χ1v) is 6.77. The second-order valence-corrected chi connectivity index (χ2v) is 5.22. The first kappa shape index (κ1) is 15.1. The van der Waals surface area contributed by atoms with Crippen LogP contribution in [0.5, 0.6) is 5.75 Å². The highest BCUT2D eigenvalue weighted by molar-refractivity contribution is 6.42. The van der Waals surface area contributed by atoms with Gasteiger partial charge in [0.2, 0.25) is 0 Å². The number of rotatable bonds is 4. The van der Waals surface area contributed by atoms with Gasteiger partial charge >= 0.3 is 0 Å². The molecule has 1 unspecified atom stereocenters. The molecule has 0 bridgehead atoms. The van der Waals surface area contributed by atoms with Crippen LogP contribution in [0.4, 0.5) is 4.39 Å². The zero-order valence-corrected chi connectivity index (χ0v) is 12.2. The van der Waals surface area contributed by atoms with Gasteiger partial charge in [0, 0.05) is 0 Å². The Bertz CT molecular complexity index is 615. The van der Waals surface area contributed by atoms with E-state index in [1.807, 2.05) is 0 Å². The summed E-state index contributed by atoms with van der Waals surface area (Å²) in [4.78, 5) is 0. The number of aliphatic hydroxyl groups excluding tert-OH is 1. The van der Waals surface area contributed by atoms with Crippen molar-refractivity contribution in [1.29, 1.82) is 0 Å². The number of hydrogen-bond acceptors (Lipinski definition) is 2. The molecule has 2 nitrogen and oxygen atoms in total. The molecule has 0 heterocycles. The minimum absolute atomic E-state index is 0.125. The summed E-state index contributed by atoms with van der Waals surface area (Å²) in [7, 11) is 0. The molecule has 1 atom stereocenters. The zero-order chi connectivity index (χ0) is 14.7. The summed E-state index contributed by atoms with van der Waals surface area (Å²) < 4.78 is 19.2. The van der Waals surface area contributed by atoms with E-state index in [0.29, 0.717) is 15.6 Å². The fourth-order valence-corrected chi connectivity index (χ4v) is 2.01. The van der Waals surface area contributed by atoms with E-state index in [9.17, 15) is 9.50 Å². The SMILES string of the molecule is CC(O)c1ccc(OCc2ccc(Cl)c(Cl)c2)c(F)c1. The molecule has 0 aliphatic carbocycles. The van der Waals surface area contributed by atoms with E-state index in [1.165, 1.54) is 12.1 Å². The molecule has 5 heteroatoms. The number of halogens is 3. The van der Waals surface area contributed by atoms with Gasteiger partial charge in [0.05, 0.1) is 16.1 Å². The first-order valence-electron chi connectivity index (χ1n) is 6.01. The monoisotopic (exact) mass is 314 g/mol. The van der Waals surface area contributed by atoms with Gasteiger partial charge in [-0.25, -0.2) is 4.39 Å². The normalized spacial score (nSPS) is 12.2. The van der Waals surface area contributed by atoms with Crippen LogP contribution in [0.25, 0.3) is 0 Å². The molecule has 0 saturated heterocycles. The topological polar surface area (TPSA) is 29.5 Å². The molecule has 0 amide bonds. The van der Waals surface area contributed by atoms with Crippen LogP contribution in [0.3, 0.4) is 0 Å². The van der Waals surface area contributed by atoms with Crippen LogP contribution < -0.4 is 4.74 Å². The molecule has 2 aromatic carbocycles. The van der Waals surface area contributed by atoms with Gasteiger partial charge in [0.25, 0.3) is 0 Å². The van der Waals surface area contributed by atoms with Gasteiger partial charge < -0.3 is 9.84 Å². The summed E-state index contributed by atoms with van der Waals surface area (Å²) in [6.07, 6.45) is -0.714. The molecule has 0 radical (unpaired) electrons. The third kappa shape index (κ3) is 3.63. The van der Waals surface area contributed by atoms with E-state index in [4.69, 9.17) is 27.9 Å². The molecule has 0 fully saturated rings. The van der Waals surface area contributed by atoms with Crippen molar-refractivity contribution in [1.82, 2.24) is 0 Å². The van der Waals surface area contributed by atoms with Crippen LogP contribution in [-0.2, 0) is 6.61 Å². The van der Waals surface area contributed by atoms with Crippen molar-refractivity contribution in [3.63, 3.8) is 0 Å². The molecule has 0 aromatic heterocycles. The summed E-state index contributed by atoms with van der Waals surface area (Å²) in [6.45, 7) is 1.76. The van der Waals surface area contributed by atoms with Crippen molar-refractivity contribution in [3.8, 4) is 5.75 Å². The van der Waals surface area contributed by atoms with Gasteiger partial charge in [-0.15, -0.1) is 0 Å². The van der Waals surface area contributed by atoms with Crippen LogP contribution in [0.15, 0.2) is 36.4 Å². The Morgan fingerprint density at radius 3 is 2.50 bits per heavy atom. The van der Waals surface area contributed by atoms with Crippen molar-refractivity contribution >= 4 is 23.2 Å². The van der Waals surface area contributed by atoms with Gasteiger partial charge in [-0.1, -0.05) is 35.3 Å². The van der Waals surface area contributed by atoms with Gasteiger partial charge in [-0.3, -0.25) is 0 Å². The average Bonchev–Trinajstić information content (AvgIpc) is 2.41. The maximum absolute atomic E-state index is 13.8. The summed E-state index contributed by atoms with van der Waals surface area (Å²) in [6, 6.07) is 9.47. The lowest BCUT2D eigenvalue weighted by atomic mass is 10.1. The van der Waals surface area contributed by atoms with E-state index >= 15 is 0 Å². The van der Waals surface area contributed by atoms with Gasteiger partial charge in [0.1, 0.15) is 6.61 Å². The van der Waals surface area contributed by atoms with Crippen LogP contribution in [0.2, 0.25) is 10.0 Å². The van der Waals surface area contributed by atoms with E-state index in [0.717, 1.165) is 5.56 Å². The van der Waals surface area contributed by atoms with Crippen LogP contribution in [-0.4, -0.2) is 5.11 Å². The Labute approximate surface area is 126 Å². The number of ether oxygens (including phenoxy) is 1. The maximum Gasteiger partial charge on any atom is 0.165 e. The Hall–Kier alpha value is -1.29. The average molecular weight is 315 g/mol. The molecule has 0 aliphatic rings. The quantitative estimate of drug-likeness (QED) is 0.881. The second kappa shape index (κ2) is 6.44. The number of aliphatic hydroxyl groups is 1. The first-order chi connectivity index (χ1) is 9.47. The lowest BCUT2D eigenvalue weighted by Gasteiger charge is -2.10. The van der Waals surface area contributed by atoms with Crippen molar-refractivity contribution in [3.05, 3.63) is 63.4 Å².